The number of ether oxygens (including phenoxy) is 1. The minimum Gasteiger partial charge on any atom is -0.489 e. The van der Waals surface area contributed by atoms with Gasteiger partial charge in [-0.2, -0.15) is 0 Å². The van der Waals surface area contributed by atoms with E-state index in [2.05, 4.69) is 16.8 Å². The molecule has 1 aromatic rings. The molecule has 0 aliphatic carbocycles. The molecule has 1 aromatic carbocycles. The van der Waals surface area contributed by atoms with Gasteiger partial charge in [0, 0.05) is 31.6 Å². The monoisotopic (exact) mass is 397 g/mol. The molecule has 3 aliphatic rings. The Labute approximate surface area is 170 Å². The molecule has 7 nitrogen and oxygen atoms in total. The van der Waals surface area contributed by atoms with Gasteiger partial charge in [-0.15, -0.1) is 6.58 Å². The average molecular weight is 397 g/mol. The Bertz CT molecular complexity index is 837. The van der Waals surface area contributed by atoms with E-state index in [4.69, 9.17) is 4.74 Å². The summed E-state index contributed by atoms with van der Waals surface area (Å²) in [5, 5.41) is 2.33. The van der Waals surface area contributed by atoms with Gasteiger partial charge in [0.25, 0.3) is 5.91 Å². The highest BCUT2D eigenvalue weighted by atomic mass is 16.5. The third kappa shape index (κ3) is 4.19. The van der Waals surface area contributed by atoms with Crippen LogP contribution in [-0.4, -0.2) is 59.3 Å². The Balaban J connectivity index is 1.41. The van der Waals surface area contributed by atoms with Crippen LogP contribution in [0, 0.1) is 0 Å². The van der Waals surface area contributed by atoms with E-state index < -0.39 is 6.04 Å². The summed E-state index contributed by atoms with van der Waals surface area (Å²) in [6.07, 6.45) is 5.80. The molecule has 1 unspecified atom stereocenters. The van der Waals surface area contributed by atoms with E-state index >= 15 is 0 Å². The van der Waals surface area contributed by atoms with Crippen molar-refractivity contribution in [3.63, 3.8) is 0 Å². The Hall–Kier alpha value is -2.67. The van der Waals surface area contributed by atoms with Gasteiger partial charge < -0.3 is 9.64 Å². The van der Waals surface area contributed by atoms with E-state index in [1.54, 1.807) is 11.0 Å². The molecular weight excluding hydrogens is 370 g/mol. The molecule has 3 aliphatic heterocycles. The van der Waals surface area contributed by atoms with Crippen LogP contribution in [0.5, 0.6) is 5.75 Å². The summed E-state index contributed by atoms with van der Waals surface area (Å²) in [6.45, 7) is 7.15. The number of likely N-dealkylation sites (tertiary alicyclic amines) is 1. The predicted octanol–water partition coefficient (Wildman–Crippen LogP) is 1.87. The SMILES string of the molecule is C=CCCN1CCC[C@@H](Oc2ccc3c(c2)CN(C2CCC(=O)NC2=O)C3=O)C1. The van der Waals surface area contributed by atoms with E-state index in [0.29, 0.717) is 18.5 Å². The van der Waals surface area contributed by atoms with E-state index in [9.17, 15) is 14.4 Å². The van der Waals surface area contributed by atoms with Crippen LogP contribution in [0.3, 0.4) is 0 Å². The number of nitrogens with one attached hydrogen (secondary N) is 1. The molecule has 0 spiro atoms. The first-order valence-corrected chi connectivity index (χ1v) is 10.3. The second kappa shape index (κ2) is 8.37. The highest BCUT2D eigenvalue weighted by Gasteiger charge is 2.39. The lowest BCUT2D eigenvalue weighted by Gasteiger charge is -2.32. The summed E-state index contributed by atoms with van der Waals surface area (Å²) in [6, 6.07) is 4.96. The Morgan fingerprint density at radius 1 is 1.24 bits per heavy atom. The number of carbonyl (C=O) groups is 3. The first kappa shape index (κ1) is 19.6. The van der Waals surface area contributed by atoms with Gasteiger partial charge in [-0.25, -0.2) is 0 Å². The van der Waals surface area contributed by atoms with Gasteiger partial charge in [-0.1, -0.05) is 6.08 Å². The third-order valence-corrected chi connectivity index (χ3v) is 5.91. The second-order valence-electron chi connectivity index (χ2n) is 7.98. The van der Waals surface area contributed by atoms with Crippen molar-refractivity contribution in [2.24, 2.45) is 0 Å². The van der Waals surface area contributed by atoms with Crippen LogP contribution in [0.1, 0.15) is 48.0 Å². The molecule has 154 valence electrons. The molecule has 7 heteroatoms. The quantitative estimate of drug-likeness (QED) is 0.586. The number of rotatable bonds is 6. The van der Waals surface area contributed by atoms with Gasteiger partial charge in [0.15, 0.2) is 0 Å². The molecule has 4 rings (SSSR count). The normalized spacial score (nSPS) is 25.0. The molecule has 2 fully saturated rings. The molecule has 1 N–H and O–H groups in total. The zero-order chi connectivity index (χ0) is 20.4. The number of amides is 3. The predicted molar refractivity (Wildman–Crippen MR) is 107 cm³/mol. The fourth-order valence-electron chi connectivity index (χ4n) is 4.40. The smallest absolute Gasteiger partial charge is 0.255 e. The lowest BCUT2D eigenvalue weighted by molar-refractivity contribution is -0.136. The second-order valence-corrected chi connectivity index (χ2v) is 7.98. The van der Waals surface area contributed by atoms with Crippen LogP contribution >= 0.6 is 0 Å². The number of hydrogen-bond acceptors (Lipinski definition) is 5. The van der Waals surface area contributed by atoms with Gasteiger partial charge in [0.2, 0.25) is 11.8 Å². The fourth-order valence-corrected chi connectivity index (χ4v) is 4.40. The van der Waals surface area contributed by atoms with Crippen LogP contribution in [0.2, 0.25) is 0 Å². The van der Waals surface area contributed by atoms with Gasteiger partial charge in [0.1, 0.15) is 17.9 Å². The molecule has 0 aromatic heterocycles. The van der Waals surface area contributed by atoms with Crippen LogP contribution in [-0.2, 0) is 16.1 Å². The standard InChI is InChI=1S/C22H27N3O4/c1-2-3-10-24-11-4-5-17(14-24)29-16-6-7-18-15(12-16)13-25(22(18)28)19-8-9-20(26)23-21(19)27/h2,6-7,12,17,19H,1,3-5,8-11,13-14H2,(H,23,26,27)/t17-,19?/m1/s1. The minimum absolute atomic E-state index is 0.134. The van der Waals surface area contributed by atoms with Gasteiger partial charge in [-0.05, 0) is 56.0 Å². The zero-order valence-corrected chi connectivity index (χ0v) is 16.6. The molecule has 2 atom stereocenters. The van der Waals surface area contributed by atoms with E-state index in [-0.39, 0.29) is 30.2 Å². The van der Waals surface area contributed by atoms with Crippen molar-refractivity contribution < 1.29 is 19.1 Å². The average Bonchev–Trinajstić information content (AvgIpc) is 3.02. The van der Waals surface area contributed by atoms with Crippen molar-refractivity contribution in [1.29, 1.82) is 0 Å². The van der Waals surface area contributed by atoms with Crippen molar-refractivity contribution in [2.45, 2.75) is 50.8 Å². The summed E-state index contributed by atoms with van der Waals surface area (Å²) in [5.41, 5.74) is 1.48. The Morgan fingerprint density at radius 2 is 2.10 bits per heavy atom. The lowest BCUT2D eigenvalue weighted by Crippen LogP contribution is -2.52. The summed E-state index contributed by atoms with van der Waals surface area (Å²) < 4.78 is 6.22. The number of imide groups is 1. The van der Waals surface area contributed by atoms with Gasteiger partial charge in [-0.3, -0.25) is 24.6 Å². The van der Waals surface area contributed by atoms with Crippen molar-refractivity contribution >= 4 is 17.7 Å². The summed E-state index contributed by atoms with van der Waals surface area (Å²) in [5.74, 6) is -0.0621. The Kier molecular flexibility index (Phi) is 5.67. The first-order chi connectivity index (χ1) is 14.0. The highest BCUT2D eigenvalue weighted by molar-refractivity contribution is 6.05. The van der Waals surface area contributed by atoms with Crippen molar-refractivity contribution in [3.8, 4) is 5.75 Å². The van der Waals surface area contributed by atoms with Crippen molar-refractivity contribution in [2.75, 3.05) is 19.6 Å². The molecule has 29 heavy (non-hydrogen) atoms. The summed E-state index contributed by atoms with van der Waals surface area (Å²) >= 11 is 0. The van der Waals surface area contributed by atoms with Crippen LogP contribution in [0.25, 0.3) is 0 Å². The van der Waals surface area contributed by atoms with Gasteiger partial charge in [0.05, 0.1) is 0 Å². The van der Waals surface area contributed by atoms with Crippen molar-refractivity contribution in [1.82, 2.24) is 15.1 Å². The van der Waals surface area contributed by atoms with Crippen LogP contribution in [0.4, 0.5) is 0 Å². The molecule has 2 saturated heterocycles. The zero-order valence-electron chi connectivity index (χ0n) is 16.6. The molecular formula is C22H27N3O4. The van der Waals surface area contributed by atoms with Crippen molar-refractivity contribution in [3.05, 3.63) is 42.0 Å². The molecule has 3 amide bonds. The number of fused-ring (bicyclic) bond motifs is 1. The topological polar surface area (TPSA) is 79.0 Å². The summed E-state index contributed by atoms with van der Waals surface area (Å²) in [4.78, 5) is 40.3. The number of benzene rings is 1. The molecule has 0 bridgehead atoms. The molecule has 3 heterocycles. The number of hydrogen-bond donors (Lipinski definition) is 1. The lowest BCUT2D eigenvalue weighted by atomic mass is 10.0. The van der Waals surface area contributed by atoms with E-state index in [1.165, 1.54) is 0 Å². The largest absolute Gasteiger partial charge is 0.489 e. The maximum atomic E-state index is 12.8. The van der Waals surface area contributed by atoms with E-state index in [0.717, 1.165) is 50.2 Å². The first-order valence-electron chi connectivity index (χ1n) is 10.3. The summed E-state index contributed by atoms with van der Waals surface area (Å²) in [7, 11) is 0. The van der Waals surface area contributed by atoms with E-state index in [1.807, 2.05) is 18.2 Å². The van der Waals surface area contributed by atoms with Gasteiger partial charge >= 0.3 is 0 Å². The third-order valence-electron chi connectivity index (χ3n) is 5.91. The van der Waals surface area contributed by atoms with Crippen LogP contribution < -0.4 is 10.1 Å². The maximum absolute atomic E-state index is 12.8. The Morgan fingerprint density at radius 3 is 2.90 bits per heavy atom. The minimum atomic E-state index is -0.589. The maximum Gasteiger partial charge on any atom is 0.255 e. The highest BCUT2D eigenvalue weighted by Crippen LogP contribution is 2.31. The molecule has 0 radical (unpaired) electrons. The number of piperidine rings is 2. The van der Waals surface area contributed by atoms with Crippen LogP contribution in [0.15, 0.2) is 30.9 Å². The number of nitrogens with zero attached hydrogens (tertiary/aromatic N) is 2. The molecule has 0 saturated carbocycles. The fraction of sp³-hybridized carbons (Fsp3) is 0.500. The number of carbonyl (C=O) groups excluding carboxylic acids is 3.